The minimum Gasteiger partial charge on any atom is -0.340 e. The molecule has 0 unspecified atom stereocenters. The molecule has 0 radical (unpaired) electrons. The number of fused-ring (bicyclic) bond motifs is 1. The molecule has 158 valence electrons. The van der Waals surface area contributed by atoms with Crippen LogP contribution in [0.5, 0.6) is 0 Å². The molecule has 0 atom stereocenters. The summed E-state index contributed by atoms with van der Waals surface area (Å²) in [6.07, 6.45) is 0.165. The maximum atomic E-state index is 12.7. The molecule has 3 heterocycles. The summed E-state index contributed by atoms with van der Waals surface area (Å²) < 4.78 is 28.5. The largest absolute Gasteiger partial charge is 0.340 e. The summed E-state index contributed by atoms with van der Waals surface area (Å²) in [6, 6.07) is 10.5. The van der Waals surface area contributed by atoms with Crippen LogP contribution >= 0.6 is 11.3 Å². The first-order chi connectivity index (χ1) is 14.4. The van der Waals surface area contributed by atoms with Gasteiger partial charge in [-0.1, -0.05) is 18.2 Å². The molecule has 0 spiro atoms. The Balaban J connectivity index is 1.39. The van der Waals surface area contributed by atoms with Gasteiger partial charge in [-0.05, 0) is 30.5 Å². The molecule has 4 rings (SSSR count). The lowest BCUT2D eigenvalue weighted by molar-refractivity contribution is -0.132. The van der Waals surface area contributed by atoms with Crippen LogP contribution in [0.4, 0.5) is 0 Å². The summed E-state index contributed by atoms with van der Waals surface area (Å²) in [5.41, 5.74) is 0.489. The lowest BCUT2D eigenvalue weighted by atomic mass is 10.2. The first kappa shape index (κ1) is 20.7. The molecule has 2 aromatic heterocycles. The highest BCUT2D eigenvalue weighted by molar-refractivity contribution is 7.91. The maximum Gasteiger partial charge on any atom is 0.261 e. The number of rotatable bonds is 5. The molecular weight excluding hydrogens is 424 g/mol. The predicted molar refractivity (Wildman–Crippen MR) is 115 cm³/mol. The fourth-order valence-corrected chi connectivity index (χ4v) is 6.19. The van der Waals surface area contributed by atoms with Crippen LogP contribution in [0.3, 0.4) is 0 Å². The van der Waals surface area contributed by atoms with Gasteiger partial charge < -0.3 is 4.90 Å². The molecule has 0 aliphatic carbocycles. The molecule has 0 N–H and O–H groups in total. The highest BCUT2D eigenvalue weighted by atomic mass is 32.2. The van der Waals surface area contributed by atoms with Gasteiger partial charge >= 0.3 is 0 Å². The van der Waals surface area contributed by atoms with E-state index in [4.69, 9.17) is 0 Å². The molecule has 1 saturated heterocycles. The highest BCUT2D eigenvalue weighted by Crippen LogP contribution is 2.22. The second-order valence-electron chi connectivity index (χ2n) is 7.10. The van der Waals surface area contributed by atoms with Gasteiger partial charge in [0.15, 0.2) is 0 Å². The quantitative estimate of drug-likeness (QED) is 0.595. The number of nitrogens with zero attached hydrogens (tertiary/aromatic N) is 4. The number of thiophene rings is 1. The van der Waals surface area contributed by atoms with Crippen LogP contribution in [0.1, 0.15) is 12.2 Å². The Morgan fingerprint density at radius 1 is 1.10 bits per heavy atom. The smallest absolute Gasteiger partial charge is 0.261 e. The Labute approximate surface area is 178 Å². The number of benzene rings is 1. The van der Waals surface area contributed by atoms with Crippen molar-refractivity contribution in [2.45, 2.75) is 24.1 Å². The van der Waals surface area contributed by atoms with Crippen LogP contribution in [0.15, 0.2) is 50.8 Å². The van der Waals surface area contributed by atoms with Gasteiger partial charge in [0.25, 0.3) is 15.6 Å². The fraction of sp³-hybridized carbons (Fsp3) is 0.350. The Morgan fingerprint density at radius 2 is 1.83 bits per heavy atom. The molecule has 8 nitrogen and oxygen atoms in total. The summed E-state index contributed by atoms with van der Waals surface area (Å²) >= 11 is 1.19. The molecule has 1 fully saturated rings. The van der Waals surface area contributed by atoms with E-state index >= 15 is 0 Å². The Bertz CT molecular complexity index is 1230. The molecule has 1 amide bonds. The second kappa shape index (κ2) is 8.29. The molecule has 3 aromatic rings. The van der Waals surface area contributed by atoms with Gasteiger partial charge in [-0.3, -0.25) is 14.2 Å². The Morgan fingerprint density at radius 3 is 2.53 bits per heavy atom. The molecule has 1 aliphatic rings. The first-order valence-corrected chi connectivity index (χ1v) is 12.0. The number of hydrogen-bond acceptors (Lipinski definition) is 6. The van der Waals surface area contributed by atoms with E-state index in [0.717, 1.165) is 0 Å². The van der Waals surface area contributed by atoms with Gasteiger partial charge in [0, 0.05) is 39.1 Å². The second-order valence-corrected chi connectivity index (χ2v) is 10.2. The van der Waals surface area contributed by atoms with Crippen LogP contribution in [0, 0.1) is 6.92 Å². The van der Waals surface area contributed by atoms with Crippen molar-refractivity contribution in [1.82, 2.24) is 18.8 Å². The zero-order valence-corrected chi connectivity index (χ0v) is 18.2. The van der Waals surface area contributed by atoms with E-state index in [1.807, 2.05) is 6.07 Å². The molecule has 0 saturated carbocycles. The van der Waals surface area contributed by atoms with Gasteiger partial charge in [-0.2, -0.15) is 4.31 Å². The van der Waals surface area contributed by atoms with Crippen molar-refractivity contribution in [2.75, 3.05) is 26.2 Å². The van der Waals surface area contributed by atoms with Gasteiger partial charge in [0.1, 0.15) is 10.0 Å². The van der Waals surface area contributed by atoms with E-state index in [9.17, 15) is 18.0 Å². The van der Waals surface area contributed by atoms with E-state index in [0.29, 0.717) is 34.0 Å². The average molecular weight is 447 g/mol. The summed E-state index contributed by atoms with van der Waals surface area (Å²) in [5.74, 6) is 0.473. The minimum atomic E-state index is -3.49. The molecule has 0 bridgehead atoms. The first-order valence-electron chi connectivity index (χ1n) is 9.65. The molecule has 10 heteroatoms. The van der Waals surface area contributed by atoms with Gasteiger partial charge in [-0.25, -0.2) is 13.4 Å². The summed E-state index contributed by atoms with van der Waals surface area (Å²) in [4.78, 5) is 31.5. The lowest BCUT2D eigenvalue weighted by Crippen LogP contribution is -2.50. The SMILES string of the molecule is Cc1nc2ccccc2c(=O)n1CCC(=O)N1CCN(S(=O)(=O)c2cccs2)CC1. The van der Waals surface area contributed by atoms with Crippen LogP contribution in [-0.4, -0.2) is 59.3 Å². The van der Waals surface area contributed by atoms with Crippen LogP contribution in [-0.2, 0) is 21.4 Å². The number of aryl methyl sites for hydroxylation is 1. The number of sulfonamides is 1. The van der Waals surface area contributed by atoms with Gasteiger partial charge in [-0.15, -0.1) is 11.3 Å². The molecule has 1 aromatic carbocycles. The fourth-order valence-electron chi connectivity index (χ4n) is 3.62. The number of carbonyl (C=O) groups excluding carboxylic acids is 1. The number of para-hydroxylation sites is 1. The minimum absolute atomic E-state index is 0.0948. The van der Waals surface area contributed by atoms with E-state index in [2.05, 4.69) is 4.98 Å². The maximum absolute atomic E-state index is 12.7. The third-order valence-corrected chi connectivity index (χ3v) is 8.55. The Hall–Kier alpha value is -2.56. The summed E-state index contributed by atoms with van der Waals surface area (Å²) in [6.45, 7) is 3.22. The number of amides is 1. The van der Waals surface area contributed by atoms with Crippen molar-refractivity contribution < 1.29 is 13.2 Å². The topological polar surface area (TPSA) is 92.6 Å². The van der Waals surface area contributed by atoms with E-state index in [1.165, 1.54) is 20.2 Å². The number of piperazine rings is 1. The van der Waals surface area contributed by atoms with Crippen molar-refractivity contribution in [2.24, 2.45) is 0 Å². The van der Waals surface area contributed by atoms with Crippen LogP contribution < -0.4 is 5.56 Å². The molecular formula is C20H22N4O4S2. The highest BCUT2D eigenvalue weighted by Gasteiger charge is 2.30. The standard InChI is InChI=1S/C20H22N4O4S2/c1-15-21-17-6-3-2-5-16(17)20(26)24(15)9-8-18(25)22-10-12-23(13-11-22)30(27,28)19-7-4-14-29-19/h2-7,14H,8-13H2,1H3. The average Bonchev–Trinajstić information content (AvgIpc) is 3.29. The van der Waals surface area contributed by atoms with Crippen molar-refractivity contribution in [3.8, 4) is 0 Å². The third kappa shape index (κ3) is 3.90. The Kier molecular flexibility index (Phi) is 5.72. The lowest BCUT2D eigenvalue weighted by Gasteiger charge is -2.33. The zero-order valence-electron chi connectivity index (χ0n) is 16.5. The van der Waals surface area contributed by atoms with Crippen molar-refractivity contribution in [3.05, 3.63) is 58.0 Å². The predicted octanol–water partition coefficient (Wildman–Crippen LogP) is 1.69. The molecule has 30 heavy (non-hydrogen) atoms. The monoisotopic (exact) mass is 446 g/mol. The van der Waals surface area contributed by atoms with Crippen LogP contribution in [0.25, 0.3) is 10.9 Å². The zero-order chi connectivity index (χ0) is 21.3. The van der Waals surface area contributed by atoms with Crippen molar-refractivity contribution >= 4 is 38.2 Å². The number of aromatic nitrogens is 2. The van der Waals surface area contributed by atoms with Gasteiger partial charge in [0.2, 0.25) is 5.91 Å². The van der Waals surface area contributed by atoms with E-state index in [-0.39, 0.29) is 37.5 Å². The summed E-state index contributed by atoms with van der Waals surface area (Å²) in [7, 11) is -3.49. The third-order valence-electron chi connectivity index (χ3n) is 5.28. The summed E-state index contributed by atoms with van der Waals surface area (Å²) in [5, 5.41) is 2.26. The normalized spacial score (nSPS) is 15.6. The van der Waals surface area contributed by atoms with Crippen molar-refractivity contribution in [1.29, 1.82) is 0 Å². The number of carbonyl (C=O) groups is 1. The van der Waals surface area contributed by atoms with E-state index in [1.54, 1.807) is 47.5 Å². The van der Waals surface area contributed by atoms with E-state index < -0.39 is 10.0 Å². The van der Waals surface area contributed by atoms with Crippen LogP contribution in [0.2, 0.25) is 0 Å². The number of hydrogen-bond donors (Lipinski definition) is 0. The van der Waals surface area contributed by atoms with Gasteiger partial charge in [0.05, 0.1) is 10.9 Å². The molecule has 1 aliphatic heterocycles. The van der Waals surface area contributed by atoms with Crippen molar-refractivity contribution in [3.63, 3.8) is 0 Å².